The van der Waals surface area contributed by atoms with E-state index in [-0.39, 0.29) is 11.4 Å². The average molecular weight is 256 g/mol. The highest BCUT2D eigenvalue weighted by Crippen LogP contribution is 2.19. The van der Waals surface area contributed by atoms with E-state index in [1.54, 1.807) is 24.3 Å². The van der Waals surface area contributed by atoms with Gasteiger partial charge in [0, 0.05) is 0 Å². The highest BCUT2D eigenvalue weighted by atomic mass is 19.1. The van der Waals surface area contributed by atoms with Crippen molar-refractivity contribution in [3.05, 3.63) is 71.0 Å². The van der Waals surface area contributed by atoms with E-state index < -0.39 is 5.97 Å². The minimum atomic E-state index is -1.01. The number of carboxylic acids is 1. The summed E-state index contributed by atoms with van der Waals surface area (Å²) in [6, 6.07) is 12.9. The van der Waals surface area contributed by atoms with Crippen molar-refractivity contribution in [2.24, 2.45) is 0 Å². The van der Waals surface area contributed by atoms with Gasteiger partial charge in [0.05, 0.1) is 5.57 Å². The van der Waals surface area contributed by atoms with E-state index in [9.17, 15) is 14.3 Å². The van der Waals surface area contributed by atoms with Gasteiger partial charge in [-0.05, 0) is 36.3 Å². The van der Waals surface area contributed by atoms with E-state index in [0.29, 0.717) is 11.1 Å². The van der Waals surface area contributed by atoms with Crippen LogP contribution in [0.5, 0.6) is 0 Å². The lowest BCUT2D eigenvalue weighted by molar-refractivity contribution is -0.130. The van der Waals surface area contributed by atoms with Gasteiger partial charge in [0.15, 0.2) is 0 Å². The minimum absolute atomic E-state index is 0.187. The van der Waals surface area contributed by atoms with Gasteiger partial charge >= 0.3 is 5.97 Å². The third-order valence-corrected chi connectivity index (χ3v) is 2.77. The smallest absolute Gasteiger partial charge is 0.336 e. The predicted molar refractivity (Wildman–Crippen MR) is 73.1 cm³/mol. The molecule has 0 saturated carbocycles. The second-order valence-electron chi connectivity index (χ2n) is 4.28. The third-order valence-electron chi connectivity index (χ3n) is 2.77. The molecule has 0 aromatic heterocycles. The van der Waals surface area contributed by atoms with Crippen LogP contribution in [0.15, 0.2) is 48.5 Å². The largest absolute Gasteiger partial charge is 0.478 e. The van der Waals surface area contributed by atoms with Crippen molar-refractivity contribution in [3.63, 3.8) is 0 Å². The molecular weight excluding hydrogens is 243 g/mol. The Labute approximate surface area is 110 Å². The van der Waals surface area contributed by atoms with Crippen LogP contribution >= 0.6 is 0 Å². The Kier molecular flexibility index (Phi) is 3.76. The molecule has 0 fully saturated rings. The van der Waals surface area contributed by atoms with Gasteiger partial charge in [0.1, 0.15) is 5.82 Å². The Morgan fingerprint density at radius 2 is 1.63 bits per heavy atom. The molecule has 0 radical (unpaired) electrons. The zero-order chi connectivity index (χ0) is 13.8. The topological polar surface area (TPSA) is 37.3 Å². The van der Waals surface area contributed by atoms with Crippen molar-refractivity contribution in [3.8, 4) is 0 Å². The summed E-state index contributed by atoms with van der Waals surface area (Å²) in [5.74, 6) is -1.35. The lowest BCUT2D eigenvalue weighted by atomic mass is 10.0. The molecule has 3 heteroatoms. The first-order valence-electron chi connectivity index (χ1n) is 5.84. The number of aryl methyl sites for hydroxylation is 1. The number of halogens is 1. The van der Waals surface area contributed by atoms with Crippen molar-refractivity contribution >= 4 is 17.6 Å². The average Bonchev–Trinajstić information content (AvgIpc) is 2.39. The van der Waals surface area contributed by atoms with Crippen LogP contribution in [0, 0.1) is 12.7 Å². The summed E-state index contributed by atoms with van der Waals surface area (Å²) < 4.78 is 12.8. The highest BCUT2D eigenvalue weighted by Gasteiger charge is 2.10. The fourth-order valence-corrected chi connectivity index (χ4v) is 1.73. The highest BCUT2D eigenvalue weighted by molar-refractivity contribution is 6.20. The van der Waals surface area contributed by atoms with E-state index in [0.717, 1.165) is 5.56 Å². The molecule has 0 spiro atoms. The SMILES string of the molecule is Cc1ccc(/C(=C\c2ccc(F)cc2)C(=O)O)cc1. The van der Waals surface area contributed by atoms with Crippen LogP contribution in [0.4, 0.5) is 4.39 Å². The van der Waals surface area contributed by atoms with Gasteiger partial charge in [0.25, 0.3) is 0 Å². The molecule has 2 nitrogen and oxygen atoms in total. The summed E-state index contributed by atoms with van der Waals surface area (Å²) in [6.07, 6.45) is 1.53. The molecule has 0 aliphatic heterocycles. The Morgan fingerprint density at radius 1 is 1.05 bits per heavy atom. The molecule has 0 amide bonds. The normalized spacial score (nSPS) is 11.4. The van der Waals surface area contributed by atoms with Gasteiger partial charge in [-0.25, -0.2) is 9.18 Å². The number of benzene rings is 2. The molecule has 0 atom stereocenters. The first-order valence-corrected chi connectivity index (χ1v) is 5.84. The summed E-state index contributed by atoms with van der Waals surface area (Å²) in [7, 11) is 0. The van der Waals surface area contributed by atoms with Crippen LogP contribution in [-0.4, -0.2) is 11.1 Å². The lowest BCUT2D eigenvalue weighted by Crippen LogP contribution is -1.99. The Bertz CT molecular complexity index is 610. The fourth-order valence-electron chi connectivity index (χ4n) is 1.73. The molecule has 0 bridgehead atoms. The Morgan fingerprint density at radius 3 is 2.16 bits per heavy atom. The molecule has 0 aliphatic rings. The number of carboxylic acid groups (broad SMARTS) is 1. The summed E-state index contributed by atoms with van der Waals surface area (Å²) in [5, 5.41) is 9.27. The Hall–Kier alpha value is -2.42. The molecule has 0 saturated heterocycles. The summed E-state index contributed by atoms with van der Waals surface area (Å²) in [6.45, 7) is 1.94. The van der Waals surface area contributed by atoms with Gasteiger partial charge in [-0.2, -0.15) is 0 Å². The molecule has 1 N–H and O–H groups in total. The van der Waals surface area contributed by atoms with Crippen LogP contribution in [0.2, 0.25) is 0 Å². The zero-order valence-electron chi connectivity index (χ0n) is 10.4. The summed E-state index contributed by atoms with van der Waals surface area (Å²) in [4.78, 5) is 11.3. The molecule has 2 aromatic carbocycles. The van der Waals surface area contributed by atoms with Gasteiger partial charge in [0.2, 0.25) is 0 Å². The van der Waals surface area contributed by atoms with Crippen LogP contribution in [0.25, 0.3) is 11.6 Å². The molecule has 2 aromatic rings. The van der Waals surface area contributed by atoms with E-state index in [4.69, 9.17) is 0 Å². The number of aliphatic carboxylic acids is 1. The number of rotatable bonds is 3. The fraction of sp³-hybridized carbons (Fsp3) is 0.0625. The van der Waals surface area contributed by atoms with Crippen molar-refractivity contribution in [2.75, 3.05) is 0 Å². The molecule has 19 heavy (non-hydrogen) atoms. The van der Waals surface area contributed by atoms with Crippen molar-refractivity contribution in [1.29, 1.82) is 0 Å². The van der Waals surface area contributed by atoms with Gasteiger partial charge < -0.3 is 5.11 Å². The number of hydrogen-bond donors (Lipinski definition) is 1. The van der Waals surface area contributed by atoms with Crippen molar-refractivity contribution < 1.29 is 14.3 Å². The first kappa shape index (κ1) is 13.0. The van der Waals surface area contributed by atoms with E-state index >= 15 is 0 Å². The maximum Gasteiger partial charge on any atom is 0.336 e. The first-order chi connectivity index (χ1) is 9.06. The van der Waals surface area contributed by atoms with E-state index in [1.165, 1.54) is 18.2 Å². The second kappa shape index (κ2) is 5.48. The van der Waals surface area contributed by atoms with E-state index in [1.807, 2.05) is 19.1 Å². The monoisotopic (exact) mass is 256 g/mol. The van der Waals surface area contributed by atoms with Crippen LogP contribution < -0.4 is 0 Å². The maximum atomic E-state index is 12.8. The van der Waals surface area contributed by atoms with Crippen LogP contribution in [-0.2, 0) is 4.79 Å². The zero-order valence-corrected chi connectivity index (χ0v) is 10.4. The van der Waals surface area contributed by atoms with Crippen molar-refractivity contribution in [1.82, 2.24) is 0 Å². The number of hydrogen-bond acceptors (Lipinski definition) is 1. The Balaban J connectivity index is 2.43. The summed E-state index contributed by atoms with van der Waals surface area (Å²) in [5.41, 5.74) is 2.53. The minimum Gasteiger partial charge on any atom is -0.478 e. The van der Waals surface area contributed by atoms with Crippen molar-refractivity contribution in [2.45, 2.75) is 6.92 Å². The maximum absolute atomic E-state index is 12.8. The molecule has 0 aliphatic carbocycles. The molecular formula is C16H13FO2. The van der Waals surface area contributed by atoms with Crippen LogP contribution in [0.1, 0.15) is 16.7 Å². The van der Waals surface area contributed by atoms with E-state index in [2.05, 4.69) is 0 Å². The predicted octanol–water partition coefficient (Wildman–Crippen LogP) is 3.76. The molecule has 96 valence electrons. The van der Waals surface area contributed by atoms with Gasteiger partial charge in [-0.15, -0.1) is 0 Å². The quantitative estimate of drug-likeness (QED) is 0.670. The molecule has 2 rings (SSSR count). The van der Waals surface area contributed by atoms with Gasteiger partial charge in [-0.3, -0.25) is 0 Å². The molecule has 0 heterocycles. The lowest BCUT2D eigenvalue weighted by Gasteiger charge is -2.04. The van der Waals surface area contributed by atoms with Gasteiger partial charge in [-0.1, -0.05) is 42.0 Å². The summed E-state index contributed by atoms with van der Waals surface area (Å²) >= 11 is 0. The molecule has 0 unspecified atom stereocenters. The third kappa shape index (κ3) is 3.28. The standard InChI is InChI=1S/C16H13FO2/c1-11-2-6-13(7-3-11)15(16(18)19)10-12-4-8-14(17)9-5-12/h2-10H,1H3,(H,18,19)/b15-10+. The number of carbonyl (C=O) groups is 1. The second-order valence-corrected chi connectivity index (χ2v) is 4.28. The van der Waals surface area contributed by atoms with Crippen LogP contribution in [0.3, 0.4) is 0 Å².